The van der Waals surface area contributed by atoms with E-state index in [0.717, 1.165) is 6.42 Å². The topological polar surface area (TPSA) is 103 Å². The van der Waals surface area contributed by atoms with E-state index in [4.69, 9.17) is 5.73 Å². The number of hydrogen-bond acceptors (Lipinski definition) is 5. The van der Waals surface area contributed by atoms with Gasteiger partial charge >= 0.3 is 0 Å². The van der Waals surface area contributed by atoms with Crippen molar-refractivity contribution in [2.24, 2.45) is 5.73 Å². The summed E-state index contributed by atoms with van der Waals surface area (Å²) >= 11 is 0. The van der Waals surface area contributed by atoms with E-state index in [9.17, 15) is 13.2 Å². The van der Waals surface area contributed by atoms with Crippen LogP contribution in [0.25, 0.3) is 0 Å². The Kier molecular flexibility index (Phi) is 3.34. The molecule has 0 atom stereocenters. The van der Waals surface area contributed by atoms with Crippen molar-refractivity contribution in [3.8, 4) is 0 Å². The Morgan fingerprint density at radius 1 is 1.17 bits per heavy atom. The molecule has 1 aliphatic carbocycles. The predicted octanol–water partition coefficient (Wildman–Crippen LogP) is 0.438. The SMILES string of the molecule is NC(=O)C1(S(=O)(=O)c2ncccn2)CCCCC1. The number of carbonyl (C=O) groups is 1. The van der Waals surface area contributed by atoms with Crippen LogP contribution in [0.2, 0.25) is 0 Å². The van der Waals surface area contributed by atoms with E-state index in [0.29, 0.717) is 12.8 Å². The molecule has 0 spiro atoms. The maximum Gasteiger partial charge on any atom is 0.248 e. The highest BCUT2D eigenvalue weighted by Gasteiger charge is 2.51. The molecule has 0 unspecified atom stereocenters. The highest BCUT2D eigenvalue weighted by molar-refractivity contribution is 7.93. The summed E-state index contributed by atoms with van der Waals surface area (Å²) in [5.41, 5.74) is 5.35. The van der Waals surface area contributed by atoms with E-state index in [1.54, 1.807) is 0 Å². The summed E-state index contributed by atoms with van der Waals surface area (Å²) in [5.74, 6) is -0.797. The van der Waals surface area contributed by atoms with Gasteiger partial charge in [-0.3, -0.25) is 4.79 Å². The zero-order valence-electron chi connectivity index (χ0n) is 9.87. The summed E-state index contributed by atoms with van der Waals surface area (Å²) in [6.07, 6.45) is 5.46. The second kappa shape index (κ2) is 4.64. The molecule has 1 heterocycles. The molecule has 1 aliphatic rings. The largest absolute Gasteiger partial charge is 0.368 e. The molecule has 7 heteroatoms. The van der Waals surface area contributed by atoms with Crippen LogP contribution in [0.5, 0.6) is 0 Å². The van der Waals surface area contributed by atoms with Crippen molar-refractivity contribution < 1.29 is 13.2 Å². The third-order valence-electron chi connectivity index (χ3n) is 3.41. The summed E-state index contributed by atoms with van der Waals surface area (Å²) in [4.78, 5) is 19.2. The van der Waals surface area contributed by atoms with E-state index in [2.05, 4.69) is 9.97 Å². The van der Waals surface area contributed by atoms with Gasteiger partial charge in [0.15, 0.2) is 4.75 Å². The number of primary amides is 1. The molecule has 98 valence electrons. The molecule has 1 fully saturated rings. The van der Waals surface area contributed by atoms with Gasteiger partial charge in [-0.1, -0.05) is 19.3 Å². The molecule has 0 aromatic carbocycles. The van der Waals surface area contributed by atoms with Crippen LogP contribution in [-0.2, 0) is 14.6 Å². The lowest BCUT2D eigenvalue weighted by Crippen LogP contribution is -2.52. The Labute approximate surface area is 106 Å². The second-order valence-corrected chi connectivity index (χ2v) is 6.61. The van der Waals surface area contributed by atoms with Crippen LogP contribution in [0.3, 0.4) is 0 Å². The van der Waals surface area contributed by atoms with Crippen molar-refractivity contribution in [1.82, 2.24) is 9.97 Å². The fourth-order valence-corrected chi connectivity index (χ4v) is 4.21. The maximum atomic E-state index is 12.5. The van der Waals surface area contributed by atoms with E-state index in [-0.39, 0.29) is 18.0 Å². The number of carbonyl (C=O) groups excluding carboxylic acids is 1. The Bertz CT molecular complexity index is 536. The first-order chi connectivity index (χ1) is 8.51. The molecule has 0 bridgehead atoms. The van der Waals surface area contributed by atoms with Crippen LogP contribution < -0.4 is 5.73 Å². The number of amides is 1. The van der Waals surface area contributed by atoms with Crippen molar-refractivity contribution >= 4 is 15.7 Å². The average Bonchev–Trinajstić information content (AvgIpc) is 2.40. The zero-order chi connectivity index (χ0) is 13.2. The lowest BCUT2D eigenvalue weighted by Gasteiger charge is -2.32. The molecule has 2 N–H and O–H groups in total. The number of rotatable bonds is 3. The molecule has 2 rings (SSSR count). The van der Waals surface area contributed by atoms with E-state index >= 15 is 0 Å². The maximum absolute atomic E-state index is 12.5. The Morgan fingerprint density at radius 2 is 1.72 bits per heavy atom. The normalized spacial score (nSPS) is 19.3. The summed E-state index contributed by atoms with van der Waals surface area (Å²) in [6, 6.07) is 1.52. The lowest BCUT2D eigenvalue weighted by molar-refractivity contribution is -0.121. The quantitative estimate of drug-likeness (QED) is 0.802. The van der Waals surface area contributed by atoms with Crippen molar-refractivity contribution in [3.05, 3.63) is 18.5 Å². The molecule has 1 amide bonds. The van der Waals surface area contributed by atoms with E-state index in [1.165, 1.54) is 18.5 Å². The number of sulfone groups is 1. The minimum atomic E-state index is -3.92. The van der Waals surface area contributed by atoms with Gasteiger partial charge in [0.25, 0.3) is 0 Å². The molecule has 1 aromatic rings. The second-order valence-electron chi connectivity index (χ2n) is 4.45. The van der Waals surface area contributed by atoms with Crippen molar-refractivity contribution in [2.75, 3.05) is 0 Å². The van der Waals surface area contributed by atoms with Gasteiger partial charge in [0.05, 0.1) is 0 Å². The van der Waals surface area contributed by atoms with Crippen LogP contribution in [0.15, 0.2) is 23.6 Å². The van der Waals surface area contributed by atoms with Crippen molar-refractivity contribution in [2.45, 2.75) is 42.0 Å². The van der Waals surface area contributed by atoms with Crippen LogP contribution >= 0.6 is 0 Å². The number of aromatic nitrogens is 2. The molecule has 0 aliphatic heterocycles. The van der Waals surface area contributed by atoms with Crippen LogP contribution in [0.1, 0.15) is 32.1 Å². The third-order valence-corrected chi connectivity index (χ3v) is 5.74. The third kappa shape index (κ3) is 1.88. The standard InChI is InChI=1S/C11H15N3O3S/c12-9(15)11(5-2-1-3-6-11)18(16,17)10-13-7-4-8-14-10/h4,7-8H,1-3,5-6H2,(H2,12,15). The summed E-state index contributed by atoms with van der Waals surface area (Å²) in [6.45, 7) is 0. The fraction of sp³-hybridized carbons (Fsp3) is 0.545. The highest BCUT2D eigenvalue weighted by Crippen LogP contribution is 2.37. The van der Waals surface area contributed by atoms with Gasteiger partial charge in [0, 0.05) is 12.4 Å². The van der Waals surface area contributed by atoms with Gasteiger partial charge in [0.1, 0.15) is 0 Å². The van der Waals surface area contributed by atoms with Gasteiger partial charge < -0.3 is 5.73 Å². The minimum Gasteiger partial charge on any atom is -0.368 e. The van der Waals surface area contributed by atoms with Crippen LogP contribution in [-0.4, -0.2) is 29.0 Å². The van der Waals surface area contributed by atoms with Gasteiger partial charge in [-0.15, -0.1) is 0 Å². The molecule has 0 radical (unpaired) electrons. The monoisotopic (exact) mass is 269 g/mol. The Hall–Kier alpha value is -1.50. The van der Waals surface area contributed by atoms with Gasteiger partial charge in [-0.05, 0) is 18.9 Å². The first-order valence-electron chi connectivity index (χ1n) is 5.82. The molecule has 1 saturated carbocycles. The predicted molar refractivity (Wildman–Crippen MR) is 64.2 cm³/mol. The molecule has 1 aromatic heterocycles. The van der Waals surface area contributed by atoms with Crippen LogP contribution in [0.4, 0.5) is 0 Å². The van der Waals surface area contributed by atoms with Gasteiger partial charge in [-0.25, -0.2) is 18.4 Å². The average molecular weight is 269 g/mol. The minimum absolute atomic E-state index is 0.253. The summed E-state index contributed by atoms with van der Waals surface area (Å²) in [5, 5.41) is -0.314. The number of nitrogens with two attached hydrogens (primary N) is 1. The molecular weight excluding hydrogens is 254 g/mol. The van der Waals surface area contributed by atoms with Gasteiger partial charge in [0.2, 0.25) is 20.9 Å². The smallest absolute Gasteiger partial charge is 0.248 e. The Balaban J connectivity index is 2.52. The van der Waals surface area contributed by atoms with Crippen molar-refractivity contribution in [3.63, 3.8) is 0 Å². The van der Waals surface area contributed by atoms with Crippen molar-refractivity contribution in [1.29, 1.82) is 0 Å². The van der Waals surface area contributed by atoms with E-state index in [1.807, 2.05) is 0 Å². The van der Waals surface area contributed by atoms with E-state index < -0.39 is 20.5 Å². The number of hydrogen-bond donors (Lipinski definition) is 1. The highest BCUT2D eigenvalue weighted by atomic mass is 32.2. The zero-order valence-corrected chi connectivity index (χ0v) is 10.7. The molecule has 18 heavy (non-hydrogen) atoms. The van der Waals surface area contributed by atoms with Crippen LogP contribution in [0, 0.1) is 0 Å². The van der Waals surface area contributed by atoms with Gasteiger partial charge in [-0.2, -0.15) is 0 Å². The first-order valence-corrected chi connectivity index (χ1v) is 7.30. The summed E-state index contributed by atoms with van der Waals surface area (Å²) < 4.78 is 23.5. The molecule has 6 nitrogen and oxygen atoms in total. The fourth-order valence-electron chi connectivity index (χ4n) is 2.37. The summed E-state index contributed by atoms with van der Waals surface area (Å²) in [7, 11) is -3.92. The number of nitrogens with zero attached hydrogens (tertiary/aromatic N) is 2. The molecule has 0 saturated heterocycles. The first kappa shape index (κ1) is 12.9. The lowest BCUT2D eigenvalue weighted by atomic mass is 9.88. The molecular formula is C11H15N3O3S. The Morgan fingerprint density at radius 3 is 2.22 bits per heavy atom.